The van der Waals surface area contributed by atoms with E-state index < -0.39 is 11.6 Å². The van der Waals surface area contributed by atoms with E-state index in [1.54, 1.807) is 0 Å². The first-order chi connectivity index (χ1) is 6.92. The maximum Gasteiger partial charge on any atom is 0.335 e. The predicted octanol–water partition coefficient (Wildman–Crippen LogP) is 1.42. The molecule has 0 aromatic rings. The summed E-state index contributed by atoms with van der Waals surface area (Å²) in [4.78, 5) is 11.2. The fourth-order valence-electron chi connectivity index (χ4n) is 1.99. The third kappa shape index (κ3) is 2.92. The van der Waals surface area contributed by atoms with Gasteiger partial charge in [-0.3, -0.25) is 0 Å². The van der Waals surface area contributed by atoms with E-state index in [9.17, 15) is 9.90 Å². The van der Waals surface area contributed by atoms with Crippen molar-refractivity contribution < 1.29 is 19.7 Å². The molecule has 0 heterocycles. The van der Waals surface area contributed by atoms with Crippen molar-refractivity contribution >= 4 is 5.97 Å². The molecule has 0 unspecified atom stereocenters. The summed E-state index contributed by atoms with van der Waals surface area (Å²) in [7, 11) is 0. The van der Waals surface area contributed by atoms with Gasteiger partial charge in [0.05, 0.1) is 13.2 Å². The molecule has 0 aromatic carbocycles. The summed E-state index contributed by atoms with van der Waals surface area (Å²) >= 11 is 0. The van der Waals surface area contributed by atoms with E-state index in [-0.39, 0.29) is 18.6 Å². The van der Waals surface area contributed by atoms with Crippen LogP contribution in [0.1, 0.15) is 39.5 Å². The summed E-state index contributed by atoms with van der Waals surface area (Å²) in [5.41, 5.74) is -0.847. The maximum atomic E-state index is 11.2. The number of aliphatic hydroxyl groups is 1. The fourth-order valence-corrected chi connectivity index (χ4v) is 1.99. The first kappa shape index (κ1) is 12.5. The van der Waals surface area contributed by atoms with E-state index in [1.165, 1.54) is 0 Å². The molecular formula is C11H20O4. The highest BCUT2D eigenvalue weighted by Gasteiger charge is 2.45. The third-order valence-electron chi connectivity index (χ3n) is 3.27. The molecule has 0 saturated heterocycles. The lowest BCUT2D eigenvalue weighted by atomic mass is 9.71. The van der Waals surface area contributed by atoms with Crippen molar-refractivity contribution in [3.8, 4) is 0 Å². The van der Waals surface area contributed by atoms with E-state index in [0.717, 1.165) is 12.8 Å². The number of hydrogen-bond donors (Lipinski definition) is 2. The Balaban J connectivity index is 2.65. The zero-order valence-electron chi connectivity index (χ0n) is 9.45. The van der Waals surface area contributed by atoms with Crippen molar-refractivity contribution in [3.63, 3.8) is 0 Å². The van der Waals surface area contributed by atoms with E-state index in [1.807, 2.05) is 0 Å². The molecule has 0 amide bonds. The Labute approximate surface area is 90.2 Å². The SMILES string of the molecule is CC1(C)CCC(OCCO)(C(=O)O)CC1. The number of aliphatic carboxylic acids is 1. The molecule has 0 radical (unpaired) electrons. The zero-order chi connectivity index (χ0) is 11.5. The van der Waals surface area contributed by atoms with Crippen LogP contribution in [0.15, 0.2) is 0 Å². The molecule has 0 aliphatic heterocycles. The predicted molar refractivity (Wildman–Crippen MR) is 55.7 cm³/mol. The van der Waals surface area contributed by atoms with Crippen LogP contribution in [-0.4, -0.2) is 35.0 Å². The molecular weight excluding hydrogens is 196 g/mol. The number of hydrogen-bond acceptors (Lipinski definition) is 3. The largest absolute Gasteiger partial charge is 0.479 e. The summed E-state index contributed by atoms with van der Waals surface area (Å²) < 4.78 is 5.32. The van der Waals surface area contributed by atoms with Gasteiger partial charge in [-0.1, -0.05) is 13.8 Å². The minimum absolute atomic E-state index is 0.104. The van der Waals surface area contributed by atoms with Crippen molar-refractivity contribution in [2.24, 2.45) is 5.41 Å². The molecule has 1 aliphatic carbocycles. The second-order valence-electron chi connectivity index (χ2n) is 5.04. The van der Waals surface area contributed by atoms with Gasteiger partial charge in [-0.25, -0.2) is 4.79 Å². The second-order valence-corrected chi connectivity index (χ2v) is 5.04. The van der Waals surface area contributed by atoms with E-state index in [4.69, 9.17) is 9.84 Å². The van der Waals surface area contributed by atoms with Gasteiger partial charge < -0.3 is 14.9 Å². The van der Waals surface area contributed by atoms with Crippen LogP contribution >= 0.6 is 0 Å². The number of carboxylic acid groups (broad SMARTS) is 1. The average Bonchev–Trinajstić information content (AvgIpc) is 2.16. The first-order valence-electron chi connectivity index (χ1n) is 5.40. The van der Waals surface area contributed by atoms with Gasteiger partial charge in [0, 0.05) is 0 Å². The highest BCUT2D eigenvalue weighted by atomic mass is 16.5. The Kier molecular flexibility index (Phi) is 3.73. The molecule has 1 saturated carbocycles. The van der Waals surface area contributed by atoms with E-state index >= 15 is 0 Å². The van der Waals surface area contributed by atoms with Gasteiger partial charge in [0.2, 0.25) is 0 Å². The highest BCUT2D eigenvalue weighted by Crippen LogP contribution is 2.42. The normalized spacial score (nSPS) is 23.7. The molecule has 4 heteroatoms. The molecule has 0 aromatic heterocycles. The molecule has 0 bridgehead atoms. The number of ether oxygens (including phenoxy) is 1. The van der Waals surface area contributed by atoms with Crippen LogP contribution in [0.5, 0.6) is 0 Å². The van der Waals surface area contributed by atoms with Gasteiger partial charge in [-0.05, 0) is 31.1 Å². The Morgan fingerprint density at radius 1 is 1.27 bits per heavy atom. The van der Waals surface area contributed by atoms with Crippen molar-refractivity contribution in [2.75, 3.05) is 13.2 Å². The Morgan fingerprint density at radius 2 is 1.80 bits per heavy atom. The molecule has 15 heavy (non-hydrogen) atoms. The minimum Gasteiger partial charge on any atom is -0.479 e. The van der Waals surface area contributed by atoms with Crippen molar-refractivity contribution in [2.45, 2.75) is 45.1 Å². The zero-order valence-corrected chi connectivity index (χ0v) is 9.45. The number of rotatable bonds is 4. The lowest BCUT2D eigenvalue weighted by molar-refractivity contribution is -0.175. The summed E-state index contributed by atoms with van der Waals surface area (Å²) in [6.07, 6.45) is 2.78. The van der Waals surface area contributed by atoms with E-state index in [2.05, 4.69) is 13.8 Å². The maximum absolute atomic E-state index is 11.2. The number of carbonyl (C=O) groups is 1. The van der Waals surface area contributed by atoms with Crippen molar-refractivity contribution in [1.29, 1.82) is 0 Å². The van der Waals surface area contributed by atoms with E-state index in [0.29, 0.717) is 12.8 Å². The smallest absolute Gasteiger partial charge is 0.335 e. The molecule has 88 valence electrons. The van der Waals surface area contributed by atoms with Crippen LogP contribution in [-0.2, 0) is 9.53 Å². The second kappa shape index (κ2) is 4.49. The fraction of sp³-hybridized carbons (Fsp3) is 0.909. The van der Waals surface area contributed by atoms with Crippen LogP contribution in [0.25, 0.3) is 0 Å². The Bertz CT molecular complexity index is 225. The standard InChI is InChI=1S/C11H20O4/c1-10(2)3-5-11(6-4-10,9(13)14)15-8-7-12/h12H,3-8H2,1-2H3,(H,13,14). The summed E-state index contributed by atoms with van der Waals surface area (Å²) in [6.45, 7) is 4.26. The molecule has 2 N–H and O–H groups in total. The molecule has 0 spiro atoms. The van der Waals surface area contributed by atoms with Gasteiger partial charge in [0.15, 0.2) is 5.60 Å². The topological polar surface area (TPSA) is 66.8 Å². The third-order valence-corrected chi connectivity index (χ3v) is 3.27. The first-order valence-corrected chi connectivity index (χ1v) is 5.40. The average molecular weight is 216 g/mol. The van der Waals surface area contributed by atoms with Crippen LogP contribution in [0.2, 0.25) is 0 Å². The van der Waals surface area contributed by atoms with Gasteiger partial charge in [0.25, 0.3) is 0 Å². The monoisotopic (exact) mass is 216 g/mol. The molecule has 1 rings (SSSR count). The number of carboxylic acids is 1. The molecule has 1 fully saturated rings. The van der Waals surface area contributed by atoms with Crippen molar-refractivity contribution in [1.82, 2.24) is 0 Å². The summed E-state index contributed by atoms with van der Waals surface area (Å²) in [6, 6.07) is 0. The Hall–Kier alpha value is -0.610. The number of aliphatic hydroxyl groups excluding tert-OH is 1. The van der Waals surface area contributed by atoms with Crippen LogP contribution in [0, 0.1) is 5.41 Å². The summed E-state index contributed by atoms with van der Waals surface area (Å²) in [5.74, 6) is -0.897. The van der Waals surface area contributed by atoms with Crippen LogP contribution in [0.4, 0.5) is 0 Å². The van der Waals surface area contributed by atoms with Gasteiger partial charge in [-0.2, -0.15) is 0 Å². The van der Waals surface area contributed by atoms with Gasteiger partial charge in [0.1, 0.15) is 0 Å². The molecule has 0 atom stereocenters. The summed E-state index contributed by atoms with van der Waals surface area (Å²) in [5, 5.41) is 17.9. The van der Waals surface area contributed by atoms with Gasteiger partial charge in [-0.15, -0.1) is 0 Å². The highest BCUT2D eigenvalue weighted by molar-refractivity contribution is 5.77. The van der Waals surface area contributed by atoms with Gasteiger partial charge >= 0.3 is 5.97 Å². The molecule has 1 aliphatic rings. The minimum atomic E-state index is -1.06. The van der Waals surface area contributed by atoms with Crippen LogP contribution < -0.4 is 0 Å². The lowest BCUT2D eigenvalue weighted by Crippen LogP contribution is -2.46. The lowest BCUT2D eigenvalue weighted by Gasteiger charge is -2.40. The quantitative estimate of drug-likeness (QED) is 0.745. The van der Waals surface area contributed by atoms with Crippen molar-refractivity contribution in [3.05, 3.63) is 0 Å². The molecule has 4 nitrogen and oxygen atoms in total. The Morgan fingerprint density at radius 3 is 2.20 bits per heavy atom. The van der Waals surface area contributed by atoms with Crippen LogP contribution in [0.3, 0.4) is 0 Å².